The second kappa shape index (κ2) is 7.69. The molecule has 24 heavy (non-hydrogen) atoms. The van der Waals surface area contributed by atoms with Gasteiger partial charge >= 0.3 is 0 Å². The topological polar surface area (TPSA) is 83.3 Å². The summed E-state index contributed by atoms with van der Waals surface area (Å²) in [5.74, 6) is 0.566. The molecule has 0 radical (unpaired) electrons. The second-order valence-electron chi connectivity index (χ2n) is 5.71. The summed E-state index contributed by atoms with van der Waals surface area (Å²) in [6.45, 7) is -0.610. The molecule has 1 unspecified atom stereocenters. The molecule has 8 heteroatoms. The number of para-hydroxylation sites is 1. The number of hydrogen-bond donors (Lipinski definition) is 3. The van der Waals surface area contributed by atoms with E-state index in [0.29, 0.717) is 10.9 Å². The molecule has 1 aromatic rings. The van der Waals surface area contributed by atoms with Crippen molar-refractivity contribution in [1.82, 2.24) is 5.32 Å². The Kier molecular flexibility index (Phi) is 5.60. The lowest BCUT2D eigenvalue weighted by atomic mass is 9.93. The largest absolute Gasteiger partial charge is 0.488 e. The lowest BCUT2D eigenvalue weighted by Crippen LogP contribution is -2.62. The molecular weight excluding hydrogens is 335 g/mol. The van der Waals surface area contributed by atoms with Gasteiger partial charge in [-0.1, -0.05) is 30.0 Å². The highest BCUT2D eigenvalue weighted by atomic mass is 32.2. The fraction of sp³-hybridized carbons (Fsp3) is 0.562. The number of ether oxygens (including phenoxy) is 2. The highest BCUT2D eigenvalue weighted by Crippen LogP contribution is 2.36. The van der Waals surface area contributed by atoms with Gasteiger partial charge in [0.1, 0.15) is 35.6 Å². The minimum absolute atomic E-state index is 0.0630. The molecule has 1 aromatic carbocycles. The monoisotopic (exact) mass is 356 g/mol. The summed E-state index contributed by atoms with van der Waals surface area (Å²) < 4.78 is 24.7. The Morgan fingerprint density at radius 2 is 2.08 bits per heavy atom. The van der Waals surface area contributed by atoms with E-state index < -0.39 is 42.6 Å². The van der Waals surface area contributed by atoms with Crippen LogP contribution in [0.4, 0.5) is 4.39 Å². The van der Waals surface area contributed by atoms with E-state index in [2.05, 4.69) is 10.3 Å². The number of hydrogen-bond acceptors (Lipinski definition) is 6. The molecule has 3 N–H and O–H groups in total. The van der Waals surface area contributed by atoms with Crippen LogP contribution >= 0.6 is 11.8 Å². The average molecular weight is 356 g/mol. The Morgan fingerprint density at radius 1 is 1.33 bits per heavy atom. The molecule has 0 spiro atoms. The van der Waals surface area contributed by atoms with E-state index in [0.717, 1.165) is 0 Å². The molecule has 0 bridgehead atoms. The Morgan fingerprint density at radius 3 is 2.75 bits per heavy atom. The zero-order chi connectivity index (χ0) is 17.1. The van der Waals surface area contributed by atoms with Crippen LogP contribution in [0.5, 0.6) is 5.75 Å². The second-order valence-corrected chi connectivity index (χ2v) is 6.80. The number of thioether (sulfide) groups is 1. The first kappa shape index (κ1) is 17.5. The Hall–Kier alpha value is -1.35. The van der Waals surface area contributed by atoms with Crippen LogP contribution in [0.3, 0.4) is 0 Å². The van der Waals surface area contributed by atoms with E-state index in [1.54, 1.807) is 19.2 Å². The van der Waals surface area contributed by atoms with E-state index >= 15 is 0 Å². The van der Waals surface area contributed by atoms with E-state index in [-0.39, 0.29) is 6.42 Å². The lowest BCUT2D eigenvalue weighted by molar-refractivity contribution is -0.184. The number of halogens is 1. The van der Waals surface area contributed by atoms with E-state index in [1.807, 2.05) is 18.2 Å². The average Bonchev–Trinajstić information content (AvgIpc) is 3.02. The number of fused-ring (bicyclic) bond motifs is 1. The molecule has 2 aliphatic rings. The maximum absolute atomic E-state index is 13.0. The third-order valence-electron chi connectivity index (χ3n) is 4.15. The number of aliphatic hydroxyl groups excluding tert-OH is 2. The van der Waals surface area contributed by atoms with Crippen LogP contribution in [0.1, 0.15) is 6.42 Å². The molecule has 2 fully saturated rings. The van der Waals surface area contributed by atoms with Gasteiger partial charge in [-0.2, -0.15) is 0 Å². The van der Waals surface area contributed by atoms with Gasteiger partial charge in [-0.05, 0) is 12.1 Å². The van der Waals surface area contributed by atoms with Gasteiger partial charge in [-0.3, -0.25) is 9.38 Å². The van der Waals surface area contributed by atoms with Gasteiger partial charge in [0.05, 0.1) is 12.7 Å². The normalized spacial score (nSPS) is 35.3. The van der Waals surface area contributed by atoms with Crippen LogP contribution in [-0.4, -0.2) is 65.0 Å². The van der Waals surface area contributed by atoms with E-state index in [4.69, 9.17) is 9.47 Å². The van der Waals surface area contributed by atoms with Gasteiger partial charge in [0.25, 0.3) is 0 Å². The lowest BCUT2D eigenvalue weighted by Gasteiger charge is -2.41. The number of nitrogens with zero attached hydrogens (tertiary/aromatic N) is 1. The number of alkyl halides is 1. The summed E-state index contributed by atoms with van der Waals surface area (Å²) in [7, 11) is 1.64. The Labute approximate surface area is 144 Å². The highest BCUT2D eigenvalue weighted by Gasteiger charge is 2.51. The summed E-state index contributed by atoms with van der Waals surface area (Å²) in [6.07, 6.45) is -3.71. The predicted molar refractivity (Wildman–Crippen MR) is 90.0 cm³/mol. The van der Waals surface area contributed by atoms with Crippen molar-refractivity contribution in [3.63, 3.8) is 0 Å². The molecule has 2 aliphatic heterocycles. The molecule has 2 heterocycles. The molecule has 2 saturated heterocycles. The van der Waals surface area contributed by atoms with Crippen molar-refractivity contribution in [3.05, 3.63) is 30.3 Å². The van der Waals surface area contributed by atoms with Gasteiger partial charge in [0.15, 0.2) is 5.17 Å². The smallest absolute Gasteiger partial charge is 0.159 e. The molecule has 0 saturated carbocycles. The fourth-order valence-corrected chi connectivity index (χ4v) is 4.01. The van der Waals surface area contributed by atoms with Crippen molar-refractivity contribution in [2.75, 3.05) is 13.7 Å². The number of aliphatic imine (C=N–C) groups is 1. The predicted octanol–water partition coefficient (Wildman–Crippen LogP) is 0.931. The van der Waals surface area contributed by atoms with Gasteiger partial charge in [-0.25, -0.2) is 0 Å². The van der Waals surface area contributed by atoms with Crippen molar-refractivity contribution < 1.29 is 24.1 Å². The van der Waals surface area contributed by atoms with Crippen LogP contribution < -0.4 is 10.1 Å². The maximum atomic E-state index is 13.0. The van der Waals surface area contributed by atoms with Crippen LogP contribution in [0, 0.1) is 0 Å². The number of aliphatic hydroxyl groups is 2. The Bertz CT molecular complexity index is 576. The maximum Gasteiger partial charge on any atom is 0.159 e. The third-order valence-corrected chi connectivity index (χ3v) is 5.31. The molecule has 6 atom stereocenters. The molecule has 132 valence electrons. The van der Waals surface area contributed by atoms with Crippen molar-refractivity contribution in [2.45, 2.75) is 42.3 Å². The molecule has 6 nitrogen and oxygen atoms in total. The number of nitrogens with one attached hydrogen (secondary N) is 1. The van der Waals surface area contributed by atoms with Crippen LogP contribution in [-0.2, 0) is 4.74 Å². The zero-order valence-corrected chi connectivity index (χ0v) is 14.0. The summed E-state index contributed by atoms with van der Waals surface area (Å²) in [5, 5.41) is 24.5. The summed E-state index contributed by atoms with van der Waals surface area (Å²) >= 11 is 1.34. The van der Waals surface area contributed by atoms with Crippen molar-refractivity contribution in [2.24, 2.45) is 4.99 Å². The van der Waals surface area contributed by atoms with Crippen LogP contribution in [0.2, 0.25) is 0 Å². The molecule has 0 aliphatic carbocycles. The van der Waals surface area contributed by atoms with Crippen molar-refractivity contribution in [1.29, 1.82) is 0 Å². The van der Waals surface area contributed by atoms with Gasteiger partial charge in [-0.15, -0.1) is 0 Å². The van der Waals surface area contributed by atoms with Crippen LogP contribution in [0.25, 0.3) is 0 Å². The summed E-state index contributed by atoms with van der Waals surface area (Å²) in [4.78, 5) is 4.05. The Balaban J connectivity index is 1.77. The van der Waals surface area contributed by atoms with Crippen molar-refractivity contribution >= 4 is 16.9 Å². The molecule has 0 aromatic heterocycles. The number of benzene rings is 1. The molecule has 3 rings (SSSR count). The number of amidine groups is 1. The first-order valence-electron chi connectivity index (χ1n) is 7.83. The minimum atomic E-state index is -1.18. The van der Waals surface area contributed by atoms with E-state index in [1.165, 1.54) is 11.8 Å². The fourth-order valence-electron chi connectivity index (χ4n) is 2.93. The molecular formula is C16H21FN2O4S. The zero-order valence-electron chi connectivity index (χ0n) is 13.2. The SMILES string of the molecule is CN=C1N[C@@H]2[C@@H](O)[C@H](O)[C@@H](C(CCF)Oc3ccccc3)O[C@@H]2S1. The third kappa shape index (κ3) is 3.51. The van der Waals surface area contributed by atoms with Gasteiger partial charge < -0.3 is 25.0 Å². The van der Waals surface area contributed by atoms with Crippen molar-refractivity contribution in [3.8, 4) is 5.75 Å². The summed E-state index contributed by atoms with van der Waals surface area (Å²) in [6, 6.07) is 8.53. The first-order valence-corrected chi connectivity index (χ1v) is 8.71. The minimum Gasteiger partial charge on any atom is -0.488 e. The number of rotatable bonds is 5. The van der Waals surface area contributed by atoms with Gasteiger partial charge in [0, 0.05) is 13.5 Å². The quantitative estimate of drug-likeness (QED) is 0.728. The highest BCUT2D eigenvalue weighted by molar-refractivity contribution is 8.14. The van der Waals surface area contributed by atoms with Gasteiger partial charge in [0.2, 0.25) is 0 Å². The van der Waals surface area contributed by atoms with Crippen LogP contribution in [0.15, 0.2) is 35.3 Å². The molecule has 0 amide bonds. The summed E-state index contributed by atoms with van der Waals surface area (Å²) in [5.41, 5.74) is -0.409. The standard InChI is InChI=1S/C16H21FN2O4S/c1-18-16-19-11-12(20)13(21)14(23-15(11)24-16)10(7-8-17)22-9-5-3-2-4-6-9/h2-6,10-15,20-21H,7-8H2,1H3,(H,18,19)/t10?,11-,12-,13+,14-,15-/m1/s1. The first-order chi connectivity index (χ1) is 11.6. The van der Waals surface area contributed by atoms with E-state index in [9.17, 15) is 14.6 Å².